The predicted octanol–water partition coefficient (Wildman–Crippen LogP) is 2.05. The molecule has 0 bridgehead atoms. The van der Waals surface area contributed by atoms with Crippen LogP contribution in [0.15, 0.2) is 24.3 Å². The zero-order chi connectivity index (χ0) is 13.9. The van der Waals surface area contributed by atoms with Gasteiger partial charge in [-0.1, -0.05) is 18.2 Å². The van der Waals surface area contributed by atoms with Crippen molar-refractivity contribution in [1.29, 1.82) is 0 Å². The summed E-state index contributed by atoms with van der Waals surface area (Å²) in [5.41, 5.74) is 3.38. The van der Waals surface area contributed by atoms with Crippen LogP contribution in [0.5, 0.6) is 0 Å². The van der Waals surface area contributed by atoms with E-state index in [1.807, 2.05) is 23.9 Å². The topological polar surface area (TPSA) is 58.4 Å². The van der Waals surface area contributed by atoms with Crippen molar-refractivity contribution in [3.05, 3.63) is 34.7 Å². The highest BCUT2D eigenvalue weighted by atomic mass is 32.2. The van der Waals surface area contributed by atoms with Crippen LogP contribution in [0.25, 0.3) is 10.1 Å². The molecule has 1 saturated heterocycles. The number of fused-ring (bicyclic) bond motifs is 1. The number of rotatable bonds is 3. The van der Waals surface area contributed by atoms with Gasteiger partial charge in [0.15, 0.2) is 0 Å². The first-order chi connectivity index (χ1) is 9.79. The molecule has 1 aromatic heterocycles. The van der Waals surface area contributed by atoms with E-state index in [9.17, 15) is 4.79 Å². The number of hydrogen-bond donors (Lipinski definition) is 2. The van der Waals surface area contributed by atoms with E-state index in [0.717, 1.165) is 34.8 Å². The Morgan fingerprint density at radius 2 is 2.05 bits per heavy atom. The van der Waals surface area contributed by atoms with Gasteiger partial charge in [-0.2, -0.15) is 11.8 Å². The lowest BCUT2D eigenvalue weighted by Gasteiger charge is -2.26. The zero-order valence-electron chi connectivity index (χ0n) is 11.1. The van der Waals surface area contributed by atoms with Crippen LogP contribution < -0.4 is 11.3 Å². The lowest BCUT2D eigenvalue weighted by molar-refractivity contribution is 0.0956. The molecule has 0 aliphatic carbocycles. The molecule has 2 aromatic rings. The summed E-state index contributed by atoms with van der Waals surface area (Å²) >= 11 is 3.51. The molecule has 3 rings (SSSR count). The number of carbonyl (C=O) groups excluding carboxylic acids is 1. The number of thiophene rings is 1. The molecule has 1 amide bonds. The number of amides is 1. The minimum atomic E-state index is -0.187. The zero-order valence-corrected chi connectivity index (χ0v) is 12.7. The van der Waals surface area contributed by atoms with E-state index >= 15 is 0 Å². The van der Waals surface area contributed by atoms with Crippen LogP contribution in [0.2, 0.25) is 0 Å². The van der Waals surface area contributed by atoms with Crippen molar-refractivity contribution in [2.75, 3.05) is 24.6 Å². The summed E-state index contributed by atoms with van der Waals surface area (Å²) in [5, 5.41) is 1.18. The molecule has 0 unspecified atom stereocenters. The second kappa shape index (κ2) is 6.13. The van der Waals surface area contributed by atoms with Crippen molar-refractivity contribution in [1.82, 2.24) is 10.3 Å². The highest BCUT2D eigenvalue weighted by Crippen LogP contribution is 2.32. The van der Waals surface area contributed by atoms with Crippen LogP contribution in [0.4, 0.5) is 0 Å². The minimum absolute atomic E-state index is 0.187. The van der Waals surface area contributed by atoms with E-state index in [4.69, 9.17) is 5.84 Å². The summed E-state index contributed by atoms with van der Waals surface area (Å²) in [6, 6.07) is 8.18. The second-order valence-corrected chi connectivity index (χ2v) is 7.04. The van der Waals surface area contributed by atoms with E-state index in [-0.39, 0.29) is 5.91 Å². The molecule has 1 aromatic carbocycles. The largest absolute Gasteiger partial charge is 0.297 e. The maximum Gasteiger partial charge on any atom is 0.275 e. The second-order valence-electron chi connectivity index (χ2n) is 4.77. The molecule has 3 N–H and O–H groups in total. The standard InChI is InChI=1S/C14H17N3OS2/c15-16-14(18)13-11(9-17-5-7-19-8-6-17)10-3-1-2-4-12(10)20-13/h1-4H,5-9,15H2,(H,16,18). The summed E-state index contributed by atoms with van der Waals surface area (Å²) in [5.74, 6) is 7.47. The van der Waals surface area contributed by atoms with Crippen molar-refractivity contribution in [2.24, 2.45) is 5.84 Å². The molecule has 1 aliphatic heterocycles. The fraction of sp³-hybridized carbons (Fsp3) is 0.357. The molecule has 0 spiro atoms. The molecule has 6 heteroatoms. The molecule has 2 heterocycles. The fourth-order valence-corrected chi connectivity index (χ4v) is 4.58. The number of hydrazine groups is 1. The molecule has 0 atom stereocenters. The van der Waals surface area contributed by atoms with Gasteiger partial charge >= 0.3 is 0 Å². The number of thioether (sulfide) groups is 1. The molecular weight excluding hydrogens is 290 g/mol. The first kappa shape index (κ1) is 13.9. The third-order valence-electron chi connectivity index (χ3n) is 3.52. The number of carbonyl (C=O) groups is 1. The van der Waals surface area contributed by atoms with Crippen LogP contribution in [0.3, 0.4) is 0 Å². The molecule has 20 heavy (non-hydrogen) atoms. The van der Waals surface area contributed by atoms with E-state index in [1.54, 1.807) is 0 Å². The van der Waals surface area contributed by atoms with Crippen molar-refractivity contribution in [3.63, 3.8) is 0 Å². The van der Waals surface area contributed by atoms with Gasteiger partial charge in [-0.25, -0.2) is 5.84 Å². The van der Waals surface area contributed by atoms with E-state index in [2.05, 4.69) is 22.5 Å². The van der Waals surface area contributed by atoms with Gasteiger partial charge in [-0.3, -0.25) is 15.1 Å². The summed E-state index contributed by atoms with van der Waals surface area (Å²) in [7, 11) is 0. The van der Waals surface area contributed by atoms with Gasteiger partial charge in [0.25, 0.3) is 5.91 Å². The van der Waals surface area contributed by atoms with Crippen LogP contribution in [-0.4, -0.2) is 35.4 Å². The molecule has 106 valence electrons. The summed E-state index contributed by atoms with van der Waals surface area (Å²) in [4.78, 5) is 15.2. The first-order valence-corrected chi connectivity index (χ1v) is 8.58. The number of nitrogens with zero attached hydrogens (tertiary/aromatic N) is 1. The van der Waals surface area contributed by atoms with Crippen LogP contribution >= 0.6 is 23.1 Å². The first-order valence-electron chi connectivity index (χ1n) is 6.61. The van der Waals surface area contributed by atoms with E-state index in [1.165, 1.54) is 28.2 Å². The van der Waals surface area contributed by atoms with Gasteiger partial charge in [0.1, 0.15) is 0 Å². The van der Waals surface area contributed by atoms with Crippen molar-refractivity contribution in [3.8, 4) is 0 Å². The number of nitrogen functional groups attached to an aromatic ring is 1. The van der Waals surface area contributed by atoms with Crippen molar-refractivity contribution < 1.29 is 4.79 Å². The number of hydrogen-bond acceptors (Lipinski definition) is 5. The third kappa shape index (κ3) is 2.69. The van der Waals surface area contributed by atoms with Crippen LogP contribution in [-0.2, 0) is 6.54 Å². The number of nitrogens with one attached hydrogen (secondary N) is 1. The Morgan fingerprint density at radius 3 is 2.80 bits per heavy atom. The van der Waals surface area contributed by atoms with Gasteiger partial charge in [-0.05, 0) is 17.0 Å². The Balaban J connectivity index is 1.99. The quantitative estimate of drug-likeness (QED) is 0.518. The maximum atomic E-state index is 12.0. The monoisotopic (exact) mass is 307 g/mol. The molecule has 1 fully saturated rings. The highest BCUT2D eigenvalue weighted by Gasteiger charge is 2.20. The lowest BCUT2D eigenvalue weighted by atomic mass is 10.1. The van der Waals surface area contributed by atoms with Crippen molar-refractivity contribution in [2.45, 2.75) is 6.54 Å². The Labute approximate surface area is 126 Å². The van der Waals surface area contributed by atoms with Gasteiger partial charge < -0.3 is 0 Å². The van der Waals surface area contributed by atoms with Crippen molar-refractivity contribution >= 4 is 39.1 Å². The summed E-state index contributed by atoms with van der Waals surface area (Å²) in [6.07, 6.45) is 0. The minimum Gasteiger partial charge on any atom is -0.297 e. The van der Waals surface area contributed by atoms with Crippen LogP contribution in [0.1, 0.15) is 15.2 Å². The Morgan fingerprint density at radius 1 is 1.30 bits per heavy atom. The van der Waals surface area contributed by atoms with Crippen LogP contribution in [0, 0.1) is 0 Å². The molecule has 0 saturated carbocycles. The van der Waals surface area contributed by atoms with Gasteiger partial charge in [-0.15, -0.1) is 11.3 Å². The maximum absolute atomic E-state index is 12.0. The Hall–Kier alpha value is -1.08. The fourth-order valence-electron chi connectivity index (χ4n) is 2.49. The Bertz CT molecular complexity index is 620. The lowest BCUT2D eigenvalue weighted by Crippen LogP contribution is -2.34. The number of benzene rings is 1. The summed E-state index contributed by atoms with van der Waals surface area (Å²) in [6.45, 7) is 2.99. The highest BCUT2D eigenvalue weighted by molar-refractivity contribution is 7.99. The Kier molecular flexibility index (Phi) is 4.26. The molecule has 1 aliphatic rings. The smallest absolute Gasteiger partial charge is 0.275 e. The predicted molar refractivity (Wildman–Crippen MR) is 86.1 cm³/mol. The van der Waals surface area contributed by atoms with Gasteiger partial charge in [0.2, 0.25) is 0 Å². The van der Waals surface area contributed by atoms with E-state index in [0.29, 0.717) is 0 Å². The summed E-state index contributed by atoms with van der Waals surface area (Å²) < 4.78 is 1.15. The normalized spacial score (nSPS) is 16.4. The molecule has 0 radical (unpaired) electrons. The van der Waals surface area contributed by atoms with Gasteiger partial charge in [0, 0.05) is 35.8 Å². The SMILES string of the molecule is NNC(=O)c1sc2ccccc2c1CN1CCSCC1. The third-order valence-corrected chi connectivity index (χ3v) is 5.68. The number of nitrogens with two attached hydrogens (primary N) is 1. The average molecular weight is 307 g/mol. The molecule has 4 nitrogen and oxygen atoms in total. The van der Waals surface area contributed by atoms with Gasteiger partial charge in [0.05, 0.1) is 4.88 Å². The molecular formula is C14H17N3OS2. The van der Waals surface area contributed by atoms with E-state index < -0.39 is 0 Å². The average Bonchev–Trinajstić information content (AvgIpc) is 2.86.